The van der Waals surface area contributed by atoms with Gasteiger partial charge in [0.15, 0.2) is 0 Å². The molecule has 4 nitrogen and oxygen atoms in total. The molecule has 6 heteroatoms. The quantitative estimate of drug-likeness (QED) is 0.782. The van der Waals surface area contributed by atoms with Gasteiger partial charge in [-0.25, -0.2) is 12.7 Å². The average Bonchev–Trinajstić information content (AvgIpc) is 3.18. The summed E-state index contributed by atoms with van der Waals surface area (Å²) in [4.78, 5) is 0. The zero-order chi connectivity index (χ0) is 13.0. The first kappa shape index (κ1) is 17.2. The maximum atomic E-state index is 12.0. The molecule has 1 N–H and O–H groups in total. The summed E-state index contributed by atoms with van der Waals surface area (Å²) in [7, 11) is -2.98. The third kappa shape index (κ3) is 5.58. The van der Waals surface area contributed by atoms with Gasteiger partial charge in [0, 0.05) is 19.1 Å². The molecule has 1 aliphatic carbocycles. The van der Waals surface area contributed by atoms with E-state index in [-0.39, 0.29) is 12.4 Å². The van der Waals surface area contributed by atoms with Crippen LogP contribution in [0.15, 0.2) is 0 Å². The minimum absolute atomic E-state index is 0. The largest absolute Gasteiger partial charge is 0.314 e. The minimum Gasteiger partial charge on any atom is -0.314 e. The Morgan fingerprint density at radius 1 is 1.16 bits per heavy atom. The molecule has 1 saturated carbocycles. The van der Waals surface area contributed by atoms with E-state index < -0.39 is 10.0 Å². The summed E-state index contributed by atoms with van der Waals surface area (Å²) in [5, 5.41) is 3.58. The van der Waals surface area contributed by atoms with Crippen molar-refractivity contribution in [1.29, 1.82) is 0 Å². The standard InChI is InChI=1S/C13H26N2O2S.ClH/c1-2-3-10-18(16,17)15-8-6-13(7-9-15)14-11-12-4-5-12;/h12-14H,2-11H2,1H3;1H. The van der Waals surface area contributed by atoms with Gasteiger partial charge in [0.05, 0.1) is 5.75 Å². The molecule has 1 aliphatic heterocycles. The van der Waals surface area contributed by atoms with Crippen LogP contribution in [-0.2, 0) is 10.0 Å². The molecule has 114 valence electrons. The van der Waals surface area contributed by atoms with Gasteiger partial charge in [0.25, 0.3) is 0 Å². The molecule has 0 aromatic carbocycles. The molecule has 0 aromatic rings. The first-order valence-corrected chi connectivity index (χ1v) is 8.94. The Labute approximate surface area is 123 Å². The normalized spacial score (nSPS) is 22.2. The van der Waals surface area contributed by atoms with E-state index in [9.17, 15) is 8.42 Å². The number of nitrogens with zero attached hydrogens (tertiary/aromatic N) is 1. The second-order valence-electron chi connectivity index (χ2n) is 5.69. The number of hydrogen-bond donors (Lipinski definition) is 1. The van der Waals surface area contributed by atoms with Crippen LogP contribution < -0.4 is 5.32 Å². The van der Waals surface area contributed by atoms with E-state index in [1.54, 1.807) is 4.31 Å². The van der Waals surface area contributed by atoms with Gasteiger partial charge in [-0.1, -0.05) is 13.3 Å². The van der Waals surface area contributed by atoms with Gasteiger partial charge in [0.1, 0.15) is 0 Å². The molecule has 2 rings (SSSR count). The molecule has 1 saturated heterocycles. The first-order chi connectivity index (χ1) is 8.62. The topological polar surface area (TPSA) is 49.4 Å². The van der Waals surface area contributed by atoms with Crippen molar-refractivity contribution in [2.75, 3.05) is 25.4 Å². The Balaban J connectivity index is 0.00000180. The van der Waals surface area contributed by atoms with E-state index in [1.165, 1.54) is 12.8 Å². The molecule has 0 unspecified atom stereocenters. The number of sulfonamides is 1. The van der Waals surface area contributed by atoms with Crippen LogP contribution in [0.25, 0.3) is 0 Å². The molecule has 0 atom stereocenters. The average molecular weight is 311 g/mol. The second kappa shape index (κ2) is 7.81. The van der Waals surface area contributed by atoms with Crippen LogP contribution in [0.2, 0.25) is 0 Å². The molecule has 0 bridgehead atoms. The lowest BCUT2D eigenvalue weighted by atomic mass is 10.1. The van der Waals surface area contributed by atoms with Crippen molar-refractivity contribution in [1.82, 2.24) is 9.62 Å². The highest BCUT2D eigenvalue weighted by molar-refractivity contribution is 7.89. The Hall–Kier alpha value is 0.160. The van der Waals surface area contributed by atoms with Gasteiger partial charge >= 0.3 is 0 Å². The number of unbranched alkanes of at least 4 members (excludes halogenated alkanes) is 1. The van der Waals surface area contributed by atoms with Gasteiger partial charge < -0.3 is 5.32 Å². The SMILES string of the molecule is CCCCS(=O)(=O)N1CCC(NCC2CC2)CC1.Cl. The van der Waals surface area contributed by atoms with E-state index in [0.29, 0.717) is 24.9 Å². The van der Waals surface area contributed by atoms with Crippen molar-refractivity contribution in [3.63, 3.8) is 0 Å². The van der Waals surface area contributed by atoms with Gasteiger partial charge in [-0.15, -0.1) is 12.4 Å². The molecule has 1 heterocycles. The van der Waals surface area contributed by atoms with Crippen LogP contribution in [0.1, 0.15) is 45.4 Å². The summed E-state index contributed by atoms with van der Waals surface area (Å²) in [6, 6.07) is 0.531. The molecule has 2 fully saturated rings. The maximum absolute atomic E-state index is 12.0. The number of piperidine rings is 1. The summed E-state index contributed by atoms with van der Waals surface area (Å²) in [5.74, 6) is 1.22. The number of nitrogens with one attached hydrogen (secondary N) is 1. The van der Waals surface area contributed by atoms with E-state index in [2.05, 4.69) is 5.32 Å². The lowest BCUT2D eigenvalue weighted by Gasteiger charge is -2.31. The van der Waals surface area contributed by atoms with E-state index in [0.717, 1.165) is 38.1 Å². The van der Waals surface area contributed by atoms with Crippen LogP contribution in [-0.4, -0.2) is 44.2 Å². The minimum atomic E-state index is -2.98. The molecular formula is C13H27ClN2O2S. The number of rotatable bonds is 7. The Kier molecular flexibility index (Phi) is 7.08. The fraction of sp³-hybridized carbons (Fsp3) is 1.00. The zero-order valence-electron chi connectivity index (χ0n) is 11.8. The number of halogens is 1. The van der Waals surface area contributed by atoms with Crippen molar-refractivity contribution in [3.05, 3.63) is 0 Å². The smallest absolute Gasteiger partial charge is 0.214 e. The van der Waals surface area contributed by atoms with Crippen LogP contribution in [0.5, 0.6) is 0 Å². The van der Waals surface area contributed by atoms with Crippen LogP contribution in [0.4, 0.5) is 0 Å². The third-order valence-corrected chi connectivity index (χ3v) is 5.95. The molecule has 0 radical (unpaired) electrons. The molecule has 19 heavy (non-hydrogen) atoms. The van der Waals surface area contributed by atoms with Crippen molar-refractivity contribution >= 4 is 22.4 Å². The highest BCUT2D eigenvalue weighted by Gasteiger charge is 2.28. The summed E-state index contributed by atoms with van der Waals surface area (Å²) in [5.41, 5.74) is 0. The summed E-state index contributed by atoms with van der Waals surface area (Å²) >= 11 is 0. The van der Waals surface area contributed by atoms with Crippen molar-refractivity contribution < 1.29 is 8.42 Å². The van der Waals surface area contributed by atoms with E-state index in [1.807, 2.05) is 6.92 Å². The fourth-order valence-corrected chi connectivity index (χ4v) is 4.13. The van der Waals surface area contributed by atoms with E-state index >= 15 is 0 Å². The Bertz CT molecular complexity index is 350. The van der Waals surface area contributed by atoms with Crippen LogP contribution in [0, 0.1) is 5.92 Å². The van der Waals surface area contributed by atoms with E-state index in [4.69, 9.17) is 0 Å². The molecule has 0 spiro atoms. The van der Waals surface area contributed by atoms with Gasteiger partial charge in [-0.3, -0.25) is 0 Å². The molecule has 2 aliphatic rings. The predicted octanol–water partition coefficient (Wildman–Crippen LogP) is 2.00. The van der Waals surface area contributed by atoms with Crippen molar-refractivity contribution in [2.45, 2.75) is 51.5 Å². The lowest BCUT2D eigenvalue weighted by Crippen LogP contribution is -2.45. The molecule has 0 amide bonds. The second-order valence-corrected chi connectivity index (χ2v) is 7.78. The summed E-state index contributed by atoms with van der Waals surface area (Å²) in [6.45, 7) is 4.57. The number of hydrogen-bond acceptors (Lipinski definition) is 3. The predicted molar refractivity (Wildman–Crippen MR) is 81.3 cm³/mol. The van der Waals surface area contributed by atoms with Gasteiger partial charge in [-0.05, 0) is 44.6 Å². The highest BCUT2D eigenvalue weighted by Crippen LogP contribution is 2.28. The summed E-state index contributed by atoms with van der Waals surface area (Å²) in [6.07, 6.45) is 6.41. The fourth-order valence-electron chi connectivity index (χ4n) is 2.45. The molecule has 0 aromatic heterocycles. The third-order valence-electron chi connectivity index (χ3n) is 4.00. The van der Waals surface area contributed by atoms with Gasteiger partial charge in [-0.2, -0.15) is 0 Å². The van der Waals surface area contributed by atoms with Crippen LogP contribution in [0.3, 0.4) is 0 Å². The van der Waals surface area contributed by atoms with Crippen LogP contribution >= 0.6 is 12.4 Å². The van der Waals surface area contributed by atoms with Crippen molar-refractivity contribution in [2.24, 2.45) is 5.92 Å². The highest BCUT2D eigenvalue weighted by atomic mass is 35.5. The van der Waals surface area contributed by atoms with Gasteiger partial charge in [0.2, 0.25) is 10.0 Å². The van der Waals surface area contributed by atoms with Crippen molar-refractivity contribution in [3.8, 4) is 0 Å². The lowest BCUT2D eigenvalue weighted by molar-refractivity contribution is 0.288. The molecular weight excluding hydrogens is 284 g/mol. The monoisotopic (exact) mass is 310 g/mol. The first-order valence-electron chi connectivity index (χ1n) is 7.33. The Morgan fingerprint density at radius 3 is 2.32 bits per heavy atom. The maximum Gasteiger partial charge on any atom is 0.214 e. The Morgan fingerprint density at radius 2 is 1.79 bits per heavy atom. The zero-order valence-corrected chi connectivity index (χ0v) is 13.4. The summed E-state index contributed by atoms with van der Waals surface area (Å²) < 4.78 is 25.8.